The number of aliphatic hydroxyl groups excluding tert-OH is 1. The molecule has 1 saturated heterocycles. The van der Waals surface area contributed by atoms with Gasteiger partial charge in [-0.25, -0.2) is 4.39 Å². The summed E-state index contributed by atoms with van der Waals surface area (Å²) in [6.07, 6.45) is 0.353. The topological polar surface area (TPSA) is 29.5 Å². The predicted octanol–water partition coefficient (Wildman–Crippen LogP) is 2.62. The molecule has 2 atom stereocenters. The second-order valence-electron chi connectivity index (χ2n) is 3.95. The van der Waals surface area contributed by atoms with Crippen LogP contribution in [0.15, 0.2) is 18.2 Å². The molecule has 0 saturated carbocycles. The fourth-order valence-corrected chi connectivity index (χ4v) is 3.28. The van der Waals surface area contributed by atoms with Crippen LogP contribution in [0, 0.1) is 11.7 Å². The third-order valence-electron chi connectivity index (χ3n) is 2.92. The first-order valence-corrected chi connectivity index (χ1v) is 6.47. The van der Waals surface area contributed by atoms with Gasteiger partial charge in [-0.2, -0.15) is 11.8 Å². The zero-order valence-electron chi connectivity index (χ0n) is 9.15. The summed E-state index contributed by atoms with van der Waals surface area (Å²) in [5, 5.41) is 10.2. The Morgan fingerprint density at radius 2 is 2.38 bits per heavy atom. The van der Waals surface area contributed by atoms with E-state index in [0.717, 1.165) is 17.9 Å². The molecule has 0 radical (unpaired) electrons. The molecule has 2 rings (SSSR count). The standard InChI is InChI=1S/C12H15FO2S/c1-15-11-3-2-9(13)6-10(11)12(14)8-4-5-16-7-8/h2-3,6,8,12,14H,4-5,7H2,1H3. The van der Waals surface area contributed by atoms with E-state index in [1.165, 1.54) is 19.2 Å². The smallest absolute Gasteiger partial charge is 0.124 e. The van der Waals surface area contributed by atoms with E-state index in [9.17, 15) is 9.50 Å². The molecule has 1 aliphatic heterocycles. The average molecular weight is 242 g/mol. The monoisotopic (exact) mass is 242 g/mol. The predicted molar refractivity (Wildman–Crippen MR) is 63.3 cm³/mol. The number of hydrogen-bond donors (Lipinski definition) is 1. The van der Waals surface area contributed by atoms with E-state index in [2.05, 4.69) is 0 Å². The minimum absolute atomic E-state index is 0.209. The molecule has 88 valence electrons. The molecule has 2 nitrogen and oxygen atoms in total. The Kier molecular flexibility index (Phi) is 3.71. The second-order valence-corrected chi connectivity index (χ2v) is 5.10. The molecule has 1 heterocycles. The Morgan fingerprint density at radius 1 is 1.56 bits per heavy atom. The number of halogens is 1. The van der Waals surface area contributed by atoms with Crippen molar-refractivity contribution in [3.8, 4) is 5.75 Å². The summed E-state index contributed by atoms with van der Waals surface area (Å²) in [6.45, 7) is 0. The maximum atomic E-state index is 13.2. The maximum absolute atomic E-state index is 13.2. The molecule has 1 N–H and O–H groups in total. The summed E-state index contributed by atoms with van der Waals surface area (Å²) in [5.41, 5.74) is 0.565. The Labute approximate surface area is 98.8 Å². The number of benzene rings is 1. The van der Waals surface area contributed by atoms with Gasteiger partial charge in [0.05, 0.1) is 13.2 Å². The molecule has 1 aromatic carbocycles. The van der Waals surface area contributed by atoms with Crippen LogP contribution in [0.2, 0.25) is 0 Å². The third kappa shape index (κ3) is 2.33. The average Bonchev–Trinajstić information content (AvgIpc) is 2.81. The van der Waals surface area contributed by atoms with Crippen LogP contribution in [0.1, 0.15) is 18.1 Å². The van der Waals surface area contributed by atoms with E-state index in [0.29, 0.717) is 11.3 Å². The van der Waals surface area contributed by atoms with Crippen molar-refractivity contribution in [3.05, 3.63) is 29.6 Å². The van der Waals surface area contributed by atoms with Crippen LogP contribution in [0.3, 0.4) is 0 Å². The van der Waals surface area contributed by atoms with Crippen LogP contribution >= 0.6 is 11.8 Å². The van der Waals surface area contributed by atoms with Crippen molar-refractivity contribution in [2.24, 2.45) is 5.92 Å². The normalized spacial score (nSPS) is 22.1. The van der Waals surface area contributed by atoms with Crippen molar-refractivity contribution in [2.45, 2.75) is 12.5 Å². The maximum Gasteiger partial charge on any atom is 0.124 e. The van der Waals surface area contributed by atoms with Crippen LogP contribution in [-0.4, -0.2) is 23.7 Å². The highest BCUT2D eigenvalue weighted by Crippen LogP contribution is 2.37. The van der Waals surface area contributed by atoms with Gasteiger partial charge in [-0.05, 0) is 42.0 Å². The fraction of sp³-hybridized carbons (Fsp3) is 0.500. The molecule has 0 amide bonds. The Bertz CT molecular complexity index is 364. The number of thioether (sulfide) groups is 1. The highest BCUT2D eigenvalue weighted by molar-refractivity contribution is 7.99. The summed E-state index contributed by atoms with van der Waals surface area (Å²) in [5.74, 6) is 2.44. The number of aliphatic hydroxyl groups is 1. The van der Waals surface area contributed by atoms with Gasteiger partial charge < -0.3 is 9.84 Å². The Balaban J connectivity index is 2.26. The summed E-state index contributed by atoms with van der Waals surface area (Å²) in [7, 11) is 1.53. The molecule has 1 aromatic rings. The lowest BCUT2D eigenvalue weighted by Crippen LogP contribution is -2.13. The summed E-state index contributed by atoms with van der Waals surface area (Å²) >= 11 is 1.83. The highest BCUT2D eigenvalue weighted by atomic mass is 32.2. The van der Waals surface area contributed by atoms with Gasteiger partial charge in [0, 0.05) is 5.56 Å². The first kappa shape index (κ1) is 11.7. The number of methoxy groups -OCH3 is 1. The lowest BCUT2D eigenvalue weighted by atomic mass is 9.94. The van der Waals surface area contributed by atoms with Gasteiger partial charge in [0.1, 0.15) is 11.6 Å². The van der Waals surface area contributed by atoms with Crippen molar-refractivity contribution in [1.29, 1.82) is 0 Å². The summed E-state index contributed by atoms with van der Waals surface area (Å²) in [6, 6.07) is 4.28. The van der Waals surface area contributed by atoms with Gasteiger partial charge in [-0.1, -0.05) is 0 Å². The Hall–Kier alpha value is -0.740. The molecule has 2 unspecified atom stereocenters. The number of rotatable bonds is 3. The van der Waals surface area contributed by atoms with Crippen molar-refractivity contribution in [1.82, 2.24) is 0 Å². The van der Waals surface area contributed by atoms with E-state index < -0.39 is 6.10 Å². The quantitative estimate of drug-likeness (QED) is 0.883. The highest BCUT2D eigenvalue weighted by Gasteiger charge is 2.27. The molecule has 16 heavy (non-hydrogen) atoms. The van der Waals surface area contributed by atoms with E-state index in [4.69, 9.17) is 4.74 Å². The zero-order chi connectivity index (χ0) is 11.5. The zero-order valence-corrected chi connectivity index (χ0v) is 9.97. The molecule has 4 heteroatoms. The largest absolute Gasteiger partial charge is 0.496 e. The van der Waals surface area contributed by atoms with E-state index in [1.54, 1.807) is 6.07 Å². The van der Waals surface area contributed by atoms with Crippen molar-refractivity contribution < 1.29 is 14.2 Å². The molecule has 0 bridgehead atoms. The molecular weight excluding hydrogens is 227 g/mol. The van der Waals surface area contributed by atoms with Crippen molar-refractivity contribution in [2.75, 3.05) is 18.6 Å². The molecule has 0 aliphatic carbocycles. The number of hydrogen-bond acceptors (Lipinski definition) is 3. The molecule has 1 aliphatic rings. The fourth-order valence-electron chi connectivity index (χ4n) is 1.99. The molecular formula is C12H15FO2S. The van der Waals surface area contributed by atoms with Crippen LogP contribution < -0.4 is 4.74 Å². The van der Waals surface area contributed by atoms with Gasteiger partial charge in [0.25, 0.3) is 0 Å². The minimum Gasteiger partial charge on any atom is -0.496 e. The van der Waals surface area contributed by atoms with Gasteiger partial charge in [0.15, 0.2) is 0 Å². The van der Waals surface area contributed by atoms with Crippen LogP contribution in [-0.2, 0) is 0 Å². The van der Waals surface area contributed by atoms with Crippen LogP contribution in [0.25, 0.3) is 0 Å². The third-order valence-corrected chi connectivity index (χ3v) is 4.11. The lowest BCUT2D eigenvalue weighted by Gasteiger charge is -2.19. The molecule has 0 aromatic heterocycles. The molecule has 1 fully saturated rings. The Morgan fingerprint density at radius 3 is 3.00 bits per heavy atom. The number of ether oxygens (including phenoxy) is 1. The SMILES string of the molecule is COc1ccc(F)cc1C(O)C1CCSC1. The first-order valence-electron chi connectivity index (χ1n) is 5.31. The lowest BCUT2D eigenvalue weighted by molar-refractivity contribution is 0.118. The van der Waals surface area contributed by atoms with Crippen LogP contribution in [0.4, 0.5) is 4.39 Å². The summed E-state index contributed by atoms with van der Waals surface area (Å²) in [4.78, 5) is 0. The van der Waals surface area contributed by atoms with E-state index >= 15 is 0 Å². The van der Waals surface area contributed by atoms with Gasteiger partial charge >= 0.3 is 0 Å². The van der Waals surface area contributed by atoms with Gasteiger partial charge in [-0.3, -0.25) is 0 Å². The molecule has 0 spiro atoms. The van der Waals surface area contributed by atoms with Crippen molar-refractivity contribution >= 4 is 11.8 Å². The minimum atomic E-state index is -0.624. The van der Waals surface area contributed by atoms with Gasteiger partial charge in [0.2, 0.25) is 0 Å². The first-order chi connectivity index (χ1) is 7.72. The van der Waals surface area contributed by atoms with Crippen LogP contribution in [0.5, 0.6) is 5.75 Å². The van der Waals surface area contributed by atoms with Gasteiger partial charge in [-0.15, -0.1) is 0 Å². The van der Waals surface area contributed by atoms with Crippen molar-refractivity contribution in [3.63, 3.8) is 0 Å². The van der Waals surface area contributed by atoms with E-state index in [-0.39, 0.29) is 11.7 Å². The second kappa shape index (κ2) is 5.06. The summed E-state index contributed by atoms with van der Waals surface area (Å²) < 4.78 is 18.3. The van der Waals surface area contributed by atoms with E-state index in [1.807, 2.05) is 11.8 Å².